The molecular weight excluding hydrogens is 286 g/mol. The van der Waals surface area contributed by atoms with Crippen molar-refractivity contribution in [1.29, 1.82) is 0 Å². The first-order valence-corrected chi connectivity index (χ1v) is 7.72. The Bertz CT molecular complexity index is 817. The third kappa shape index (κ3) is 3.06. The lowest BCUT2D eigenvalue weighted by Crippen LogP contribution is -2.31. The van der Waals surface area contributed by atoms with E-state index < -0.39 is 0 Å². The Morgan fingerprint density at radius 2 is 2.00 bits per heavy atom. The van der Waals surface area contributed by atoms with Crippen LogP contribution in [0.15, 0.2) is 61.1 Å². The molecule has 4 nitrogen and oxygen atoms in total. The maximum atomic E-state index is 12.8. The van der Waals surface area contributed by atoms with Gasteiger partial charge >= 0.3 is 0 Å². The number of amides is 1. The summed E-state index contributed by atoms with van der Waals surface area (Å²) in [7, 11) is 1.83. The van der Waals surface area contributed by atoms with Gasteiger partial charge in [0.1, 0.15) is 0 Å². The summed E-state index contributed by atoms with van der Waals surface area (Å²) in [6.07, 6.45) is 6.04. The van der Waals surface area contributed by atoms with Crippen LogP contribution in [0.3, 0.4) is 0 Å². The van der Waals surface area contributed by atoms with Crippen molar-refractivity contribution in [3.63, 3.8) is 0 Å². The fourth-order valence-corrected chi connectivity index (χ4v) is 2.84. The smallest absolute Gasteiger partial charge is 0.255 e. The summed E-state index contributed by atoms with van der Waals surface area (Å²) in [6, 6.07) is 13.6. The summed E-state index contributed by atoms with van der Waals surface area (Å²) in [5.74, 6) is -0.0287. The van der Waals surface area contributed by atoms with E-state index >= 15 is 0 Å². The van der Waals surface area contributed by atoms with Crippen molar-refractivity contribution in [1.82, 2.24) is 14.9 Å². The third-order valence-electron chi connectivity index (χ3n) is 4.08. The van der Waals surface area contributed by atoms with Gasteiger partial charge in [0.15, 0.2) is 0 Å². The van der Waals surface area contributed by atoms with Gasteiger partial charge in [0.25, 0.3) is 5.91 Å². The number of carbonyl (C=O) groups is 1. The van der Waals surface area contributed by atoms with Crippen LogP contribution in [0.25, 0.3) is 10.9 Å². The second-order valence-corrected chi connectivity index (χ2v) is 5.54. The van der Waals surface area contributed by atoms with Gasteiger partial charge in [-0.25, -0.2) is 0 Å². The Hall–Kier alpha value is -2.75. The van der Waals surface area contributed by atoms with E-state index in [4.69, 9.17) is 0 Å². The van der Waals surface area contributed by atoms with E-state index in [9.17, 15) is 4.79 Å². The molecule has 0 aliphatic rings. The minimum absolute atomic E-state index is 0.00247. The van der Waals surface area contributed by atoms with Crippen molar-refractivity contribution in [3.05, 3.63) is 72.2 Å². The van der Waals surface area contributed by atoms with Gasteiger partial charge in [0, 0.05) is 31.0 Å². The van der Waals surface area contributed by atoms with Crippen LogP contribution >= 0.6 is 0 Å². The lowest BCUT2D eigenvalue weighted by molar-refractivity contribution is 0.0725. The summed E-state index contributed by atoms with van der Waals surface area (Å²) in [6.45, 7) is 2.07. The predicted molar refractivity (Wildman–Crippen MR) is 91.1 cm³/mol. The highest BCUT2D eigenvalue weighted by atomic mass is 16.2. The highest BCUT2D eigenvalue weighted by Crippen LogP contribution is 2.24. The molecule has 2 aromatic heterocycles. The van der Waals surface area contributed by atoms with Gasteiger partial charge in [-0.3, -0.25) is 14.8 Å². The second-order valence-electron chi connectivity index (χ2n) is 5.54. The lowest BCUT2D eigenvalue weighted by atomic mass is 10.0. The van der Waals surface area contributed by atoms with Crippen LogP contribution in [0.5, 0.6) is 0 Å². The molecule has 0 aliphatic heterocycles. The quantitative estimate of drug-likeness (QED) is 0.735. The number of fused-ring (bicyclic) bond motifs is 1. The SMILES string of the molecule is CCC(c1cccnc1)N(C)C(=O)c1cnc2ccccc2c1. The van der Waals surface area contributed by atoms with E-state index in [0.29, 0.717) is 5.56 Å². The van der Waals surface area contributed by atoms with Crippen LogP contribution in [0.1, 0.15) is 35.3 Å². The van der Waals surface area contributed by atoms with Gasteiger partial charge in [0.05, 0.1) is 17.1 Å². The highest BCUT2D eigenvalue weighted by molar-refractivity contribution is 5.97. The Morgan fingerprint density at radius 1 is 1.17 bits per heavy atom. The van der Waals surface area contributed by atoms with E-state index in [1.165, 1.54) is 0 Å². The van der Waals surface area contributed by atoms with Crippen LogP contribution in [-0.2, 0) is 0 Å². The topological polar surface area (TPSA) is 46.1 Å². The van der Waals surface area contributed by atoms with Gasteiger partial charge in [0.2, 0.25) is 0 Å². The number of carbonyl (C=O) groups excluding carboxylic acids is 1. The van der Waals surface area contributed by atoms with E-state index in [2.05, 4.69) is 16.9 Å². The summed E-state index contributed by atoms with van der Waals surface area (Å²) in [5.41, 5.74) is 2.54. The van der Waals surface area contributed by atoms with Gasteiger partial charge in [-0.05, 0) is 30.2 Å². The minimum Gasteiger partial charge on any atom is -0.335 e. The van der Waals surface area contributed by atoms with Crippen molar-refractivity contribution in [2.45, 2.75) is 19.4 Å². The molecule has 1 amide bonds. The van der Waals surface area contributed by atoms with Crippen LogP contribution in [-0.4, -0.2) is 27.8 Å². The average Bonchev–Trinajstić information content (AvgIpc) is 2.62. The lowest BCUT2D eigenvalue weighted by Gasteiger charge is -2.27. The minimum atomic E-state index is -0.0287. The van der Waals surface area contributed by atoms with E-state index in [0.717, 1.165) is 22.9 Å². The molecule has 1 aromatic carbocycles. The molecule has 0 bridgehead atoms. The van der Waals surface area contributed by atoms with Gasteiger partial charge in [-0.15, -0.1) is 0 Å². The van der Waals surface area contributed by atoms with Crippen molar-refractivity contribution < 1.29 is 4.79 Å². The summed E-state index contributed by atoms with van der Waals surface area (Å²) in [4.78, 5) is 23.1. The van der Waals surface area contributed by atoms with Crippen LogP contribution in [0.2, 0.25) is 0 Å². The van der Waals surface area contributed by atoms with Crippen molar-refractivity contribution in [3.8, 4) is 0 Å². The normalized spacial score (nSPS) is 12.1. The predicted octanol–water partition coefficient (Wildman–Crippen LogP) is 3.85. The molecule has 0 aliphatic carbocycles. The molecule has 0 spiro atoms. The molecule has 3 rings (SSSR count). The number of hydrogen-bond acceptors (Lipinski definition) is 3. The fraction of sp³-hybridized carbons (Fsp3) is 0.211. The molecular formula is C19H19N3O. The van der Waals surface area contributed by atoms with Crippen LogP contribution in [0.4, 0.5) is 0 Å². The van der Waals surface area contributed by atoms with Crippen LogP contribution < -0.4 is 0 Å². The molecule has 23 heavy (non-hydrogen) atoms. The zero-order chi connectivity index (χ0) is 16.2. The Balaban J connectivity index is 1.90. The fourth-order valence-electron chi connectivity index (χ4n) is 2.84. The molecule has 4 heteroatoms. The number of pyridine rings is 2. The first kappa shape index (κ1) is 15.2. The zero-order valence-corrected chi connectivity index (χ0v) is 13.3. The number of benzene rings is 1. The Morgan fingerprint density at radius 3 is 2.74 bits per heavy atom. The summed E-state index contributed by atoms with van der Waals surface area (Å²) in [5, 5.41) is 0.973. The molecule has 116 valence electrons. The number of hydrogen-bond donors (Lipinski definition) is 0. The van der Waals surface area contributed by atoms with Crippen LogP contribution in [0, 0.1) is 0 Å². The molecule has 0 saturated heterocycles. The van der Waals surface area contributed by atoms with E-state index in [1.54, 1.807) is 17.3 Å². The van der Waals surface area contributed by atoms with Gasteiger partial charge < -0.3 is 4.90 Å². The van der Waals surface area contributed by atoms with Gasteiger partial charge in [-0.1, -0.05) is 31.2 Å². The van der Waals surface area contributed by atoms with Crippen molar-refractivity contribution in [2.75, 3.05) is 7.05 Å². The van der Waals surface area contributed by atoms with Gasteiger partial charge in [-0.2, -0.15) is 0 Å². The Labute approximate surface area is 135 Å². The zero-order valence-electron chi connectivity index (χ0n) is 13.3. The maximum absolute atomic E-state index is 12.8. The second kappa shape index (κ2) is 6.57. The highest BCUT2D eigenvalue weighted by Gasteiger charge is 2.21. The summed E-state index contributed by atoms with van der Waals surface area (Å²) >= 11 is 0. The molecule has 3 aromatic rings. The molecule has 1 atom stereocenters. The standard InChI is InChI=1S/C19H19N3O/c1-3-18(15-8-6-10-20-12-15)22(2)19(23)16-11-14-7-4-5-9-17(14)21-13-16/h4-13,18H,3H2,1-2H3. The first-order chi connectivity index (χ1) is 11.2. The molecule has 1 unspecified atom stereocenters. The molecule has 0 N–H and O–H groups in total. The largest absolute Gasteiger partial charge is 0.335 e. The summed E-state index contributed by atoms with van der Waals surface area (Å²) < 4.78 is 0. The average molecular weight is 305 g/mol. The van der Waals surface area contributed by atoms with E-state index in [-0.39, 0.29) is 11.9 Å². The maximum Gasteiger partial charge on any atom is 0.255 e. The number of rotatable bonds is 4. The number of para-hydroxylation sites is 1. The first-order valence-electron chi connectivity index (χ1n) is 7.72. The molecule has 2 heterocycles. The number of nitrogens with zero attached hydrogens (tertiary/aromatic N) is 3. The monoisotopic (exact) mass is 305 g/mol. The molecule has 0 saturated carbocycles. The molecule has 0 radical (unpaired) electrons. The number of aromatic nitrogens is 2. The van der Waals surface area contributed by atoms with Crippen molar-refractivity contribution in [2.24, 2.45) is 0 Å². The Kier molecular flexibility index (Phi) is 4.33. The van der Waals surface area contributed by atoms with Crippen molar-refractivity contribution >= 4 is 16.8 Å². The van der Waals surface area contributed by atoms with E-state index in [1.807, 2.05) is 55.7 Å². The third-order valence-corrected chi connectivity index (χ3v) is 4.08. The molecule has 0 fully saturated rings.